The van der Waals surface area contributed by atoms with Crippen LogP contribution >= 0.6 is 15.9 Å². The first-order chi connectivity index (χ1) is 7.71. The van der Waals surface area contributed by atoms with Gasteiger partial charge in [-0.25, -0.2) is 9.97 Å². The second kappa shape index (κ2) is 6.84. The highest BCUT2D eigenvalue weighted by atomic mass is 79.9. The summed E-state index contributed by atoms with van der Waals surface area (Å²) in [5.41, 5.74) is 1.12. The van der Waals surface area contributed by atoms with Gasteiger partial charge >= 0.3 is 0 Å². The van der Waals surface area contributed by atoms with Gasteiger partial charge in [-0.1, -0.05) is 22.9 Å². The Morgan fingerprint density at radius 3 is 2.62 bits per heavy atom. The van der Waals surface area contributed by atoms with Crippen LogP contribution in [0.4, 0.5) is 5.82 Å². The van der Waals surface area contributed by atoms with Crippen molar-refractivity contribution in [3.8, 4) is 0 Å². The van der Waals surface area contributed by atoms with Crippen LogP contribution in [-0.2, 0) is 6.42 Å². The molecule has 0 aromatic carbocycles. The summed E-state index contributed by atoms with van der Waals surface area (Å²) in [6.45, 7) is 8.28. The van der Waals surface area contributed by atoms with Crippen molar-refractivity contribution in [1.29, 1.82) is 0 Å². The largest absolute Gasteiger partial charge is 0.357 e. The normalized spacial score (nSPS) is 10.5. The van der Waals surface area contributed by atoms with Crippen molar-refractivity contribution in [3.05, 3.63) is 17.6 Å². The molecular weight excluding hydrogens is 266 g/mol. The molecule has 0 spiro atoms. The van der Waals surface area contributed by atoms with Gasteiger partial charge in [-0.2, -0.15) is 0 Å². The van der Waals surface area contributed by atoms with Gasteiger partial charge in [0.05, 0.1) is 0 Å². The first-order valence-electron chi connectivity index (χ1n) is 5.86. The number of aromatic nitrogens is 2. The highest BCUT2D eigenvalue weighted by Crippen LogP contribution is 2.13. The Hall–Kier alpha value is -0.640. The lowest BCUT2D eigenvalue weighted by atomic mass is 10.3. The summed E-state index contributed by atoms with van der Waals surface area (Å²) >= 11 is 3.46. The Labute approximate surface area is 106 Å². The summed E-state index contributed by atoms with van der Waals surface area (Å²) in [5, 5.41) is 1.04. The monoisotopic (exact) mass is 285 g/mol. The van der Waals surface area contributed by atoms with Crippen LogP contribution in [0.5, 0.6) is 0 Å². The minimum absolute atomic E-state index is 0.867. The molecule has 16 heavy (non-hydrogen) atoms. The van der Waals surface area contributed by atoms with E-state index in [0.717, 1.165) is 48.6 Å². The van der Waals surface area contributed by atoms with Crippen molar-refractivity contribution in [3.63, 3.8) is 0 Å². The minimum atomic E-state index is 0.867. The van der Waals surface area contributed by atoms with Crippen molar-refractivity contribution in [1.82, 2.24) is 9.97 Å². The number of rotatable bonds is 6. The van der Waals surface area contributed by atoms with E-state index in [4.69, 9.17) is 0 Å². The standard InChI is InChI=1S/C12H20BrN3/c1-4-11-9-12(15-10(3)14-11)16(5-2)8-6-7-13/h9H,4-8H2,1-3H3. The van der Waals surface area contributed by atoms with E-state index in [2.05, 4.69) is 50.7 Å². The molecule has 1 aromatic rings. The smallest absolute Gasteiger partial charge is 0.132 e. The van der Waals surface area contributed by atoms with Gasteiger partial charge in [-0.15, -0.1) is 0 Å². The first kappa shape index (κ1) is 13.4. The van der Waals surface area contributed by atoms with E-state index in [1.54, 1.807) is 0 Å². The molecule has 0 fully saturated rings. The number of aryl methyl sites for hydroxylation is 2. The maximum Gasteiger partial charge on any atom is 0.132 e. The summed E-state index contributed by atoms with van der Waals surface area (Å²) in [5.74, 6) is 1.93. The van der Waals surface area contributed by atoms with Crippen molar-refractivity contribution < 1.29 is 0 Å². The maximum atomic E-state index is 4.51. The van der Waals surface area contributed by atoms with Crippen molar-refractivity contribution in [2.45, 2.75) is 33.6 Å². The van der Waals surface area contributed by atoms with Crippen LogP contribution in [0.3, 0.4) is 0 Å². The van der Waals surface area contributed by atoms with E-state index in [9.17, 15) is 0 Å². The molecule has 0 radical (unpaired) electrons. The van der Waals surface area contributed by atoms with E-state index in [0.29, 0.717) is 0 Å². The van der Waals surface area contributed by atoms with Crippen molar-refractivity contribution >= 4 is 21.7 Å². The van der Waals surface area contributed by atoms with Crippen LogP contribution in [0.15, 0.2) is 6.07 Å². The number of alkyl halides is 1. The van der Waals surface area contributed by atoms with Gasteiger partial charge < -0.3 is 4.90 Å². The lowest BCUT2D eigenvalue weighted by Crippen LogP contribution is -2.25. The quantitative estimate of drug-likeness (QED) is 0.753. The van der Waals surface area contributed by atoms with Gasteiger partial charge in [0.15, 0.2) is 0 Å². The Bertz CT molecular complexity index is 328. The highest BCUT2D eigenvalue weighted by molar-refractivity contribution is 9.09. The Balaban J connectivity index is 2.86. The molecule has 0 aliphatic rings. The second-order valence-corrected chi connectivity index (χ2v) is 4.53. The molecule has 0 aliphatic carbocycles. The summed E-state index contributed by atoms with van der Waals surface area (Å²) in [6, 6.07) is 2.10. The summed E-state index contributed by atoms with van der Waals surface area (Å²) in [6.07, 6.45) is 2.10. The SMILES string of the molecule is CCc1cc(N(CC)CCCBr)nc(C)n1. The van der Waals surface area contributed by atoms with Gasteiger partial charge in [-0.05, 0) is 26.7 Å². The molecule has 0 N–H and O–H groups in total. The van der Waals surface area contributed by atoms with E-state index in [-0.39, 0.29) is 0 Å². The predicted molar refractivity (Wildman–Crippen MR) is 72.4 cm³/mol. The summed E-state index contributed by atoms with van der Waals surface area (Å²) in [7, 11) is 0. The molecule has 0 aliphatic heterocycles. The molecule has 0 amide bonds. The Kier molecular flexibility index (Phi) is 5.74. The van der Waals surface area contributed by atoms with Crippen LogP contribution < -0.4 is 4.90 Å². The van der Waals surface area contributed by atoms with Gasteiger partial charge in [-0.3, -0.25) is 0 Å². The van der Waals surface area contributed by atoms with E-state index in [1.165, 1.54) is 0 Å². The molecule has 1 rings (SSSR count). The number of hydrogen-bond acceptors (Lipinski definition) is 3. The van der Waals surface area contributed by atoms with Gasteiger partial charge in [0, 0.05) is 30.2 Å². The fraction of sp³-hybridized carbons (Fsp3) is 0.667. The number of nitrogens with zero attached hydrogens (tertiary/aromatic N) is 3. The van der Waals surface area contributed by atoms with E-state index in [1.807, 2.05) is 6.92 Å². The van der Waals surface area contributed by atoms with Crippen LogP contribution in [-0.4, -0.2) is 28.4 Å². The van der Waals surface area contributed by atoms with Gasteiger partial charge in [0.1, 0.15) is 11.6 Å². The van der Waals surface area contributed by atoms with Crippen molar-refractivity contribution in [2.24, 2.45) is 0 Å². The highest BCUT2D eigenvalue weighted by Gasteiger charge is 2.07. The zero-order chi connectivity index (χ0) is 12.0. The number of halogens is 1. The number of anilines is 1. The molecule has 1 heterocycles. The molecule has 0 atom stereocenters. The molecule has 0 saturated carbocycles. The molecule has 3 nitrogen and oxygen atoms in total. The topological polar surface area (TPSA) is 29.0 Å². The Morgan fingerprint density at radius 1 is 1.31 bits per heavy atom. The molecular formula is C12H20BrN3. The average Bonchev–Trinajstić information content (AvgIpc) is 2.29. The summed E-state index contributed by atoms with van der Waals surface area (Å²) in [4.78, 5) is 11.2. The minimum Gasteiger partial charge on any atom is -0.357 e. The predicted octanol–water partition coefficient (Wildman–Crippen LogP) is 2.96. The average molecular weight is 286 g/mol. The van der Waals surface area contributed by atoms with Crippen LogP contribution in [0.1, 0.15) is 31.8 Å². The van der Waals surface area contributed by atoms with E-state index < -0.39 is 0 Å². The third-order valence-corrected chi connectivity index (χ3v) is 3.07. The van der Waals surface area contributed by atoms with Crippen LogP contribution in [0.2, 0.25) is 0 Å². The molecule has 0 bridgehead atoms. The third kappa shape index (κ3) is 3.74. The number of hydrogen-bond donors (Lipinski definition) is 0. The zero-order valence-electron chi connectivity index (χ0n) is 10.3. The first-order valence-corrected chi connectivity index (χ1v) is 6.98. The molecule has 0 unspecified atom stereocenters. The second-order valence-electron chi connectivity index (χ2n) is 3.74. The Morgan fingerprint density at radius 2 is 2.06 bits per heavy atom. The van der Waals surface area contributed by atoms with Gasteiger partial charge in [0.25, 0.3) is 0 Å². The maximum absolute atomic E-state index is 4.51. The molecule has 0 saturated heterocycles. The molecule has 1 aromatic heterocycles. The summed E-state index contributed by atoms with van der Waals surface area (Å²) < 4.78 is 0. The molecule has 4 heteroatoms. The van der Waals surface area contributed by atoms with E-state index >= 15 is 0 Å². The van der Waals surface area contributed by atoms with Crippen LogP contribution in [0.25, 0.3) is 0 Å². The lowest BCUT2D eigenvalue weighted by molar-refractivity contribution is 0.774. The van der Waals surface area contributed by atoms with Crippen LogP contribution in [0, 0.1) is 6.92 Å². The zero-order valence-corrected chi connectivity index (χ0v) is 11.9. The third-order valence-electron chi connectivity index (χ3n) is 2.51. The molecule has 90 valence electrons. The fourth-order valence-electron chi connectivity index (χ4n) is 1.64. The van der Waals surface area contributed by atoms with Crippen molar-refractivity contribution in [2.75, 3.05) is 23.3 Å². The lowest BCUT2D eigenvalue weighted by Gasteiger charge is -2.22. The fourth-order valence-corrected chi connectivity index (χ4v) is 1.89. The van der Waals surface area contributed by atoms with Gasteiger partial charge in [0.2, 0.25) is 0 Å².